The summed E-state index contributed by atoms with van der Waals surface area (Å²) in [4.78, 5) is 0. The molecule has 1 aliphatic carbocycles. The van der Waals surface area contributed by atoms with Crippen molar-refractivity contribution < 1.29 is 5.11 Å². The smallest absolute Gasteiger partial charge is 0.0728 e. The molecule has 1 heterocycles. The summed E-state index contributed by atoms with van der Waals surface area (Å²) in [6.07, 6.45) is 3.03. The van der Waals surface area contributed by atoms with Gasteiger partial charge in [0.2, 0.25) is 0 Å². The highest BCUT2D eigenvalue weighted by atomic mass is 32.1. The van der Waals surface area contributed by atoms with Crippen molar-refractivity contribution in [2.45, 2.75) is 44.1 Å². The second-order valence-electron chi connectivity index (χ2n) is 4.34. The van der Waals surface area contributed by atoms with E-state index in [0.717, 1.165) is 25.0 Å². The lowest BCUT2D eigenvalue weighted by Crippen LogP contribution is -2.42. The van der Waals surface area contributed by atoms with E-state index in [-0.39, 0.29) is 5.41 Å². The zero-order valence-electron chi connectivity index (χ0n) is 8.08. The summed E-state index contributed by atoms with van der Waals surface area (Å²) in [6.45, 7) is 4.05. The summed E-state index contributed by atoms with van der Waals surface area (Å²) in [5.74, 6) is 0. The Morgan fingerprint density at radius 1 is 1.46 bits per heavy atom. The standard InChI is InChI=1S/C10H15NOS/c1-9(8-4-7-13-11-8)5-3-6-10(9,2)12/h4,7,12H,3,5-6H2,1-2H3. The van der Waals surface area contributed by atoms with Crippen molar-refractivity contribution in [2.24, 2.45) is 0 Å². The number of aliphatic hydroxyl groups is 1. The van der Waals surface area contributed by atoms with Crippen molar-refractivity contribution in [3.63, 3.8) is 0 Å². The number of nitrogens with zero attached hydrogens (tertiary/aromatic N) is 1. The van der Waals surface area contributed by atoms with E-state index in [1.54, 1.807) is 0 Å². The fraction of sp³-hybridized carbons (Fsp3) is 0.700. The minimum Gasteiger partial charge on any atom is -0.389 e. The molecule has 2 atom stereocenters. The van der Waals surface area contributed by atoms with E-state index in [4.69, 9.17) is 0 Å². The Balaban J connectivity index is 2.40. The third kappa shape index (κ3) is 1.22. The van der Waals surface area contributed by atoms with Crippen molar-refractivity contribution in [3.8, 4) is 0 Å². The molecule has 2 nitrogen and oxygen atoms in total. The van der Waals surface area contributed by atoms with Gasteiger partial charge in [-0.1, -0.05) is 6.92 Å². The van der Waals surface area contributed by atoms with Crippen molar-refractivity contribution in [2.75, 3.05) is 0 Å². The van der Waals surface area contributed by atoms with Gasteiger partial charge in [0.15, 0.2) is 0 Å². The highest BCUT2D eigenvalue weighted by Crippen LogP contribution is 2.47. The van der Waals surface area contributed by atoms with Gasteiger partial charge in [0.1, 0.15) is 0 Å². The van der Waals surface area contributed by atoms with E-state index in [1.807, 2.05) is 18.4 Å². The molecule has 2 rings (SSSR count). The maximum absolute atomic E-state index is 10.2. The monoisotopic (exact) mass is 197 g/mol. The lowest BCUT2D eigenvalue weighted by Gasteiger charge is -2.35. The molecule has 72 valence electrons. The molecular formula is C10H15NOS. The van der Waals surface area contributed by atoms with Gasteiger partial charge in [-0.05, 0) is 43.8 Å². The molecule has 0 saturated heterocycles. The first-order valence-electron chi connectivity index (χ1n) is 4.69. The van der Waals surface area contributed by atoms with E-state index in [2.05, 4.69) is 11.3 Å². The normalized spacial score (nSPS) is 39.6. The molecule has 13 heavy (non-hydrogen) atoms. The molecule has 2 unspecified atom stereocenters. The molecule has 1 fully saturated rings. The van der Waals surface area contributed by atoms with Crippen LogP contribution < -0.4 is 0 Å². The average molecular weight is 197 g/mol. The molecule has 0 bridgehead atoms. The Kier molecular flexibility index (Phi) is 1.96. The molecule has 3 heteroatoms. The Bertz CT molecular complexity index is 294. The van der Waals surface area contributed by atoms with E-state index < -0.39 is 5.60 Å². The van der Waals surface area contributed by atoms with Crippen LogP contribution in [0.15, 0.2) is 11.4 Å². The molecular weight excluding hydrogens is 182 g/mol. The van der Waals surface area contributed by atoms with Gasteiger partial charge in [0.05, 0.1) is 11.3 Å². The van der Waals surface area contributed by atoms with Crippen LogP contribution in [0.1, 0.15) is 38.8 Å². The predicted molar refractivity (Wildman–Crippen MR) is 53.9 cm³/mol. The first-order chi connectivity index (χ1) is 6.06. The van der Waals surface area contributed by atoms with Crippen LogP contribution >= 0.6 is 11.5 Å². The van der Waals surface area contributed by atoms with Crippen LogP contribution in [0.25, 0.3) is 0 Å². The van der Waals surface area contributed by atoms with E-state index in [1.165, 1.54) is 11.5 Å². The van der Waals surface area contributed by atoms with Crippen LogP contribution in [0.3, 0.4) is 0 Å². The highest BCUT2D eigenvalue weighted by Gasteiger charge is 2.49. The Morgan fingerprint density at radius 3 is 2.69 bits per heavy atom. The molecule has 1 aromatic rings. The van der Waals surface area contributed by atoms with Crippen molar-refractivity contribution in [3.05, 3.63) is 17.1 Å². The molecule has 0 amide bonds. The van der Waals surface area contributed by atoms with Crippen LogP contribution in [0.4, 0.5) is 0 Å². The second-order valence-corrected chi connectivity index (χ2v) is 5.01. The molecule has 1 N–H and O–H groups in total. The third-order valence-electron chi connectivity index (χ3n) is 3.53. The van der Waals surface area contributed by atoms with Gasteiger partial charge >= 0.3 is 0 Å². The van der Waals surface area contributed by atoms with Crippen LogP contribution in [-0.2, 0) is 5.41 Å². The maximum Gasteiger partial charge on any atom is 0.0728 e. The number of aromatic nitrogens is 1. The van der Waals surface area contributed by atoms with Crippen LogP contribution in [0.5, 0.6) is 0 Å². The van der Waals surface area contributed by atoms with Crippen molar-refractivity contribution in [1.82, 2.24) is 4.37 Å². The fourth-order valence-electron chi connectivity index (χ4n) is 2.23. The number of rotatable bonds is 1. The Morgan fingerprint density at radius 2 is 2.23 bits per heavy atom. The first-order valence-corrected chi connectivity index (χ1v) is 5.53. The number of hydrogen-bond acceptors (Lipinski definition) is 3. The van der Waals surface area contributed by atoms with Gasteiger partial charge in [-0.3, -0.25) is 0 Å². The van der Waals surface area contributed by atoms with Crippen LogP contribution in [0.2, 0.25) is 0 Å². The Labute approximate surface area is 82.8 Å². The largest absolute Gasteiger partial charge is 0.389 e. The first kappa shape index (κ1) is 9.16. The molecule has 0 aromatic carbocycles. The molecule has 1 aromatic heterocycles. The molecule has 0 aliphatic heterocycles. The molecule has 1 saturated carbocycles. The quantitative estimate of drug-likeness (QED) is 0.749. The predicted octanol–water partition coefficient (Wildman–Crippen LogP) is 2.34. The maximum atomic E-state index is 10.2. The molecule has 1 aliphatic rings. The minimum absolute atomic E-state index is 0.132. The summed E-state index contributed by atoms with van der Waals surface area (Å²) >= 11 is 1.46. The lowest BCUT2D eigenvalue weighted by atomic mass is 9.74. The van der Waals surface area contributed by atoms with Crippen molar-refractivity contribution in [1.29, 1.82) is 0 Å². The van der Waals surface area contributed by atoms with Gasteiger partial charge in [0, 0.05) is 10.8 Å². The minimum atomic E-state index is -0.582. The molecule has 0 spiro atoms. The van der Waals surface area contributed by atoms with Gasteiger partial charge in [0.25, 0.3) is 0 Å². The zero-order chi connectivity index (χ0) is 9.53. The van der Waals surface area contributed by atoms with Crippen LogP contribution in [0, 0.1) is 0 Å². The summed E-state index contributed by atoms with van der Waals surface area (Å²) in [5.41, 5.74) is 0.341. The molecule has 0 radical (unpaired) electrons. The SMILES string of the molecule is CC1(O)CCCC1(C)c1ccsn1. The lowest BCUT2D eigenvalue weighted by molar-refractivity contribution is 0.00553. The Hall–Kier alpha value is -0.410. The van der Waals surface area contributed by atoms with E-state index in [0.29, 0.717) is 0 Å². The summed E-state index contributed by atoms with van der Waals surface area (Å²) in [7, 11) is 0. The summed E-state index contributed by atoms with van der Waals surface area (Å²) < 4.78 is 4.35. The van der Waals surface area contributed by atoms with Gasteiger partial charge < -0.3 is 5.11 Å². The highest BCUT2D eigenvalue weighted by molar-refractivity contribution is 7.03. The third-order valence-corrected chi connectivity index (χ3v) is 4.09. The van der Waals surface area contributed by atoms with Gasteiger partial charge in [-0.2, -0.15) is 4.37 Å². The van der Waals surface area contributed by atoms with Crippen molar-refractivity contribution >= 4 is 11.5 Å². The fourth-order valence-corrected chi connectivity index (χ4v) is 2.86. The zero-order valence-corrected chi connectivity index (χ0v) is 8.90. The van der Waals surface area contributed by atoms with Gasteiger partial charge in [-0.25, -0.2) is 0 Å². The summed E-state index contributed by atoms with van der Waals surface area (Å²) in [6, 6.07) is 2.03. The number of hydrogen-bond donors (Lipinski definition) is 1. The second kappa shape index (κ2) is 2.79. The summed E-state index contributed by atoms with van der Waals surface area (Å²) in [5, 5.41) is 12.2. The van der Waals surface area contributed by atoms with Crippen LogP contribution in [-0.4, -0.2) is 15.1 Å². The average Bonchev–Trinajstić information content (AvgIpc) is 2.61. The van der Waals surface area contributed by atoms with E-state index in [9.17, 15) is 5.11 Å². The van der Waals surface area contributed by atoms with E-state index >= 15 is 0 Å². The topological polar surface area (TPSA) is 33.1 Å². The van der Waals surface area contributed by atoms with Gasteiger partial charge in [-0.15, -0.1) is 0 Å².